The molecule has 1 N–H and O–H groups in total. The highest BCUT2D eigenvalue weighted by Gasteiger charge is 2.34. The Morgan fingerprint density at radius 2 is 2.08 bits per heavy atom. The number of piperidine rings is 1. The Labute approximate surface area is 147 Å². The zero-order valence-electron chi connectivity index (χ0n) is 13.8. The minimum Gasteiger partial charge on any atom is -0.341 e. The highest BCUT2D eigenvalue weighted by Crippen LogP contribution is 2.22. The minimum absolute atomic E-state index is 0.0313. The average molecular weight is 372 g/mol. The van der Waals surface area contributed by atoms with E-state index in [1.807, 2.05) is 5.38 Å². The van der Waals surface area contributed by atoms with Crippen LogP contribution in [0.4, 0.5) is 0 Å². The summed E-state index contributed by atoms with van der Waals surface area (Å²) < 4.78 is 28.1. The number of thiazole rings is 1. The molecular weight excluding hydrogens is 346 g/mol. The largest absolute Gasteiger partial charge is 0.341 e. The third-order valence-corrected chi connectivity index (χ3v) is 7.49. The van der Waals surface area contributed by atoms with Crippen LogP contribution in [0, 0.1) is 0 Å². The van der Waals surface area contributed by atoms with Crippen LogP contribution >= 0.6 is 11.3 Å². The Hall–Kier alpha value is -0.990. The maximum absolute atomic E-state index is 12.6. The molecule has 1 amide bonds. The standard InChI is InChI=1S/C16H25N3O3S2/c20-16(8-7-14-11-23-12-17-14)19-9-3-6-15(10-19)24(21,22)18-13-4-1-2-5-13/h11-13,15,18H,1-10H2/t15-/m0/s1. The number of likely N-dealkylation sites (tertiary alicyclic amines) is 1. The van der Waals surface area contributed by atoms with Gasteiger partial charge in [0, 0.05) is 30.9 Å². The molecule has 0 radical (unpaired) electrons. The molecule has 24 heavy (non-hydrogen) atoms. The molecule has 8 heteroatoms. The van der Waals surface area contributed by atoms with Gasteiger partial charge in [0.1, 0.15) is 0 Å². The summed E-state index contributed by atoms with van der Waals surface area (Å²) in [7, 11) is -3.35. The number of carbonyl (C=O) groups is 1. The predicted octanol–water partition coefficient (Wildman–Crippen LogP) is 1.93. The molecule has 6 nitrogen and oxygen atoms in total. The smallest absolute Gasteiger partial charge is 0.222 e. The topological polar surface area (TPSA) is 79.4 Å². The van der Waals surface area contributed by atoms with Crippen molar-refractivity contribution in [3.63, 3.8) is 0 Å². The van der Waals surface area contributed by atoms with E-state index >= 15 is 0 Å². The summed E-state index contributed by atoms with van der Waals surface area (Å²) in [6, 6.07) is 0.0887. The molecule has 3 rings (SSSR count). The quantitative estimate of drug-likeness (QED) is 0.829. The summed E-state index contributed by atoms with van der Waals surface area (Å²) in [4.78, 5) is 18.3. The van der Waals surface area contributed by atoms with E-state index in [4.69, 9.17) is 0 Å². The molecule has 1 atom stereocenters. The Bertz CT molecular complexity index is 640. The van der Waals surface area contributed by atoms with Crippen molar-refractivity contribution >= 4 is 27.3 Å². The van der Waals surface area contributed by atoms with E-state index in [1.165, 1.54) is 11.3 Å². The molecule has 2 heterocycles. The second-order valence-electron chi connectivity index (χ2n) is 6.73. The summed E-state index contributed by atoms with van der Waals surface area (Å²) in [5, 5.41) is 1.47. The van der Waals surface area contributed by atoms with Gasteiger partial charge in [-0.15, -0.1) is 11.3 Å². The van der Waals surface area contributed by atoms with Gasteiger partial charge >= 0.3 is 0 Å². The first-order valence-electron chi connectivity index (χ1n) is 8.70. The molecule has 0 spiro atoms. The van der Waals surface area contributed by atoms with Crippen LogP contribution in [0.5, 0.6) is 0 Å². The molecule has 2 fully saturated rings. The first kappa shape index (κ1) is 17.8. The molecule has 1 aromatic rings. The van der Waals surface area contributed by atoms with Gasteiger partial charge in [-0.1, -0.05) is 12.8 Å². The third kappa shape index (κ3) is 4.55. The van der Waals surface area contributed by atoms with Crippen molar-refractivity contribution in [3.05, 3.63) is 16.6 Å². The molecule has 0 aromatic carbocycles. The number of amides is 1. The van der Waals surface area contributed by atoms with Crippen LogP contribution in [-0.2, 0) is 21.2 Å². The van der Waals surface area contributed by atoms with Gasteiger partial charge in [0.25, 0.3) is 0 Å². The molecule has 134 valence electrons. The first-order valence-corrected chi connectivity index (χ1v) is 11.2. The zero-order valence-corrected chi connectivity index (χ0v) is 15.4. The van der Waals surface area contributed by atoms with Crippen molar-refractivity contribution in [3.8, 4) is 0 Å². The molecule has 1 aliphatic heterocycles. The lowest BCUT2D eigenvalue weighted by molar-refractivity contribution is -0.131. The number of aromatic nitrogens is 1. The Morgan fingerprint density at radius 3 is 2.79 bits per heavy atom. The van der Waals surface area contributed by atoms with Crippen LogP contribution in [0.15, 0.2) is 10.9 Å². The molecule has 0 unspecified atom stereocenters. The minimum atomic E-state index is -3.35. The maximum atomic E-state index is 12.6. The van der Waals surface area contributed by atoms with Gasteiger partial charge in [0.15, 0.2) is 0 Å². The third-order valence-electron chi connectivity index (χ3n) is 4.93. The summed E-state index contributed by atoms with van der Waals surface area (Å²) in [6.07, 6.45) is 6.46. The van der Waals surface area contributed by atoms with Crippen LogP contribution in [0.3, 0.4) is 0 Å². The van der Waals surface area contributed by atoms with Crippen LogP contribution in [0.25, 0.3) is 0 Å². The first-order chi connectivity index (χ1) is 11.5. The molecular formula is C16H25N3O3S2. The molecule has 1 saturated heterocycles. The monoisotopic (exact) mass is 371 g/mol. The fraction of sp³-hybridized carbons (Fsp3) is 0.750. The Kier molecular flexibility index (Phi) is 5.89. The van der Waals surface area contributed by atoms with Crippen molar-refractivity contribution in [2.75, 3.05) is 13.1 Å². The average Bonchev–Trinajstić information content (AvgIpc) is 3.26. The van der Waals surface area contributed by atoms with E-state index in [1.54, 1.807) is 10.4 Å². The number of carbonyl (C=O) groups excluding carboxylic acids is 1. The summed E-state index contributed by atoms with van der Waals surface area (Å²) >= 11 is 1.52. The van der Waals surface area contributed by atoms with Gasteiger partial charge in [0.05, 0.1) is 16.5 Å². The lowest BCUT2D eigenvalue weighted by Crippen LogP contribution is -2.50. The van der Waals surface area contributed by atoms with Crippen LogP contribution in [0.2, 0.25) is 0 Å². The molecule has 2 aliphatic rings. The van der Waals surface area contributed by atoms with Gasteiger partial charge in [-0.2, -0.15) is 0 Å². The number of rotatable bonds is 6. The highest BCUT2D eigenvalue weighted by molar-refractivity contribution is 7.90. The fourth-order valence-corrected chi connectivity index (χ4v) is 5.88. The van der Waals surface area contributed by atoms with E-state index in [0.717, 1.165) is 37.8 Å². The summed E-state index contributed by atoms with van der Waals surface area (Å²) in [5.74, 6) is 0.0313. The normalized spacial score (nSPS) is 22.8. The van der Waals surface area contributed by atoms with Crippen LogP contribution < -0.4 is 4.72 Å². The Morgan fingerprint density at radius 1 is 1.29 bits per heavy atom. The second kappa shape index (κ2) is 7.93. The highest BCUT2D eigenvalue weighted by atomic mass is 32.2. The van der Waals surface area contributed by atoms with Crippen molar-refractivity contribution in [1.29, 1.82) is 0 Å². The predicted molar refractivity (Wildman–Crippen MR) is 94.3 cm³/mol. The number of hydrogen-bond acceptors (Lipinski definition) is 5. The zero-order chi connectivity index (χ0) is 17.0. The van der Waals surface area contributed by atoms with E-state index in [0.29, 0.717) is 32.4 Å². The van der Waals surface area contributed by atoms with E-state index in [9.17, 15) is 13.2 Å². The van der Waals surface area contributed by atoms with Gasteiger partial charge < -0.3 is 4.90 Å². The number of hydrogen-bond donors (Lipinski definition) is 1. The van der Waals surface area contributed by atoms with E-state index in [2.05, 4.69) is 9.71 Å². The maximum Gasteiger partial charge on any atom is 0.222 e. The fourth-order valence-electron chi connectivity index (χ4n) is 3.54. The van der Waals surface area contributed by atoms with Crippen LogP contribution in [0.1, 0.15) is 50.6 Å². The molecule has 1 saturated carbocycles. The summed E-state index contributed by atoms with van der Waals surface area (Å²) in [6.45, 7) is 0.975. The van der Waals surface area contributed by atoms with Gasteiger partial charge in [-0.05, 0) is 32.1 Å². The SMILES string of the molecule is O=C(CCc1cscn1)N1CCC[C@H](S(=O)(=O)NC2CCCC2)C1. The van der Waals surface area contributed by atoms with Gasteiger partial charge in [-0.3, -0.25) is 4.79 Å². The van der Waals surface area contributed by atoms with E-state index < -0.39 is 15.3 Å². The summed E-state index contributed by atoms with van der Waals surface area (Å²) in [5.41, 5.74) is 2.69. The van der Waals surface area contributed by atoms with Crippen molar-refractivity contribution in [2.24, 2.45) is 0 Å². The number of nitrogens with one attached hydrogen (secondary N) is 1. The van der Waals surface area contributed by atoms with E-state index in [-0.39, 0.29) is 11.9 Å². The number of sulfonamides is 1. The van der Waals surface area contributed by atoms with Gasteiger partial charge in [0.2, 0.25) is 15.9 Å². The number of nitrogens with zero attached hydrogens (tertiary/aromatic N) is 2. The van der Waals surface area contributed by atoms with Crippen molar-refractivity contribution in [1.82, 2.24) is 14.6 Å². The molecule has 0 bridgehead atoms. The second-order valence-corrected chi connectivity index (χ2v) is 9.44. The van der Waals surface area contributed by atoms with Crippen LogP contribution in [-0.4, -0.2) is 48.6 Å². The molecule has 1 aromatic heterocycles. The van der Waals surface area contributed by atoms with Gasteiger partial charge in [-0.25, -0.2) is 18.1 Å². The lowest BCUT2D eigenvalue weighted by Gasteiger charge is -2.33. The van der Waals surface area contributed by atoms with Crippen molar-refractivity contribution < 1.29 is 13.2 Å². The number of aryl methyl sites for hydroxylation is 1. The molecule has 1 aliphatic carbocycles. The van der Waals surface area contributed by atoms with Crippen molar-refractivity contribution in [2.45, 2.75) is 62.7 Å². The lowest BCUT2D eigenvalue weighted by atomic mass is 10.1. The Balaban J connectivity index is 1.53.